The van der Waals surface area contributed by atoms with Crippen molar-refractivity contribution in [2.24, 2.45) is 0 Å². The number of carbonyl (C=O) groups is 1. The van der Waals surface area contributed by atoms with Gasteiger partial charge in [-0.2, -0.15) is 0 Å². The van der Waals surface area contributed by atoms with Crippen LogP contribution < -0.4 is 10.6 Å². The van der Waals surface area contributed by atoms with E-state index in [4.69, 9.17) is 17.0 Å². The maximum atomic E-state index is 12.2. The fraction of sp³-hybridized carbons (Fsp3) is 0.286. The lowest BCUT2D eigenvalue weighted by atomic mass is 9.96. The highest BCUT2D eigenvalue weighted by Gasteiger charge is 2.31. The van der Waals surface area contributed by atoms with Gasteiger partial charge in [0.25, 0.3) is 0 Å². The largest absolute Gasteiger partial charge is 0.463 e. The van der Waals surface area contributed by atoms with E-state index in [1.165, 1.54) is 0 Å². The van der Waals surface area contributed by atoms with Crippen molar-refractivity contribution < 1.29 is 9.53 Å². The van der Waals surface area contributed by atoms with Crippen LogP contribution in [0.15, 0.2) is 40.0 Å². The molecule has 0 saturated heterocycles. The second kappa shape index (κ2) is 6.37. The molecule has 0 fully saturated rings. The topological polar surface area (TPSA) is 50.4 Å². The molecule has 1 atom stereocenters. The SMILES string of the molecule is CCOC(=O)C1=C(C)NC(=S)N[C@H]1c1ccccc1Br. The minimum Gasteiger partial charge on any atom is -0.463 e. The fourth-order valence-corrected chi connectivity index (χ4v) is 2.90. The van der Waals surface area contributed by atoms with Crippen LogP contribution in [-0.2, 0) is 9.53 Å². The monoisotopic (exact) mass is 354 g/mol. The maximum absolute atomic E-state index is 12.2. The van der Waals surface area contributed by atoms with E-state index in [9.17, 15) is 4.79 Å². The number of halogens is 1. The molecule has 0 unspecified atom stereocenters. The summed E-state index contributed by atoms with van der Waals surface area (Å²) in [5.74, 6) is -0.340. The Morgan fingerprint density at radius 3 is 2.80 bits per heavy atom. The van der Waals surface area contributed by atoms with E-state index in [2.05, 4.69) is 26.6 Å². The summed E-state index contributed by atoms with van der Waals surface area (Å²) in [6.07, 6.45) is 0. The van der Waals surface area contributed by atoms with Gasteiger partial charge in [0.15, 0.2) is 5.11 Å². The Bertz CT molecular complexity index is 586. The minimum absolute atomic E-state index is 0.321. The van der Waals surface area contributed by atoms with Crippen molar-refractivity contribution in [3.63, 3.8) is 0 Å². The summed E-state index contributed by atoms with van der Waals surface area (Å²) < 4.78 is 6.06. The number of hydrogen-bond donors (Lipinski definition) is 2. The van der Waals surface area contributed by atoms with Crippen molar-refractivity contribution in [1.82, 2.24) is 10.6 Å². The van der Waals surface area contributed by atoms with Gasteiger partial charge in [-0.1, -0.05) is 34.1 Å². The fourth-order valence-electron chi connectivity index (χ4n) is 2.12. The molecule has 0 spiro atoms. The standard InChI is InChI=1S/C14H15BrN2O2S/c1-3-19-13(18)11-8(2)16-14(20)17-12(11)9-6-4-5-7-10(9)15/h4-7,12H,3H2,1-2H3,(H2,16,17,20)/t12-/m0/s1. The number of rotatable bonds is 3. The van der Waals surface area contributed by atoms with Crippen molar-refractivity contribution in [1.29, 1.82) is 0 Å². The molecule has 0 amide bonds. The normalized spacial score (nSPS) is 18.4. The number of nitrogens with one attached hydrogen (secondary N) is 2. The molecule has 1 heterocycles. The first kappa shape index (κ1) is 15.0. The summed E-state index contributed by atoms with van der Waals surface area (Å²) in [7, 11) is 0. The Labute approximate surface area is 131 Å². The van der Waals surface area contributed by atoms with E-state index < -0.39 is 0 Å². The molecule has 2 rings (SSSR count). The van der Waals surface area contributed by atoms with Crippen LogP contribution in [-0.4, -0.2) is 17.7 Å². The third kappa shape index (κ3) is 3.02. The molecule has 1 aliphatic rings. The van der Waals surface area contributed by atoms with Crippen molar-refractivity contribution in [3.8, 4) is 0 Å². The molecule has 0 aliphatic carbocycles. The zero-order valence-electron chi connectivity index (χ0n) is 11.2. The number of allylic oxidation sites excluding steroid dienone is 1. The van der Waals surface area contributed by atoms with Crippen molar-refractivity contribution in [2.75, 3.05) is 6.61 Å². The van der Waals surface area contributed by atoms with E-state index in [-0.39, 0.29) is 12.0 Å². The molecule has 0 radical (unpaired) electrons. The Morgan fingerprint density at radius 2 is 2.15 bits per heavy atom. The lowest BCUT2D eigenvalue weighted by Crippen LogP contribution is -2.45. The number of carbonyl (C=O) groups excluding carboxylic acids is 1. The lowest BCUT2D eigenvalue weighted by Gasteiger charge is -2.30. The highest BCUT2D eigenvalue weighted by molar-refractivity contribution is 9.10. The zero-order chi connectivity index (χ0) is 14.7. The number of esters is 1. The predicted molar refractivity (Wildman–Crippen MR) is 85.1 cm³/mol. The van der Waals surface area contributed by atoms with Crippen LogP contribution in [0.1, 0.15) is 25.5 Å². The Morgan fingerprint density at radius 1 is 1.45 bits per heavy atom. The van der Waals surface area contributed by atoms with E-state index in [0.29, 0.717) is 23.0 Å². The van der Waals surface area contributed by atoms with E-state index in [1.807, 2.05) is 31.2 Å². The van der Waals surface area contributed by atoms with Crippen molar-refractivity contribution in [3.05, 3.63) is 45.6 Å². The van der Waals surface area contributed by atoms with Gasteiger partial charge in [0.2, 0.25) is 0 Å². The first-order chi connectivity index (χ1) is 9.54. The summed E-state index contributed by atoms with van der Waals surface area (Å²) >= 11 is 8.69. The van der Waals surface area contributed by atoms with Crippen LogP contribution in [0.3, 0.4) is 0 Å². The number of thiocarbonyl (C=S) groups is 1. The average Bonchev–Trinajstić information content (AvgIpc) is 2.38. The van der Waals surface area contributed by atoms with Gasteiger partial charge < -0.3 is 15.4 Å². The maximum Gasteiger partial charge on any atom is 0.338 e. The Hall–Kier alpha value is -1.40. The smallest absolute Gasteiger partial charge is 0.338 e. The molecule has 1 aromatic rings. The van der Waals surface area contributed by atoms with Gasteiger partial charge in [0.1, 0.15) is 0 Å². The van der Waals surface area contributed by atoms with Gasteiger partial charge in [-0.25, -0.2) is 4.79 Å². The summed E-state index contributed by atoms with van der Waals surface area (Å²) in [6, 6.07) is 7.40. The molecule has 20 heavy (non-hydrogen) atoms. The summed E-state index contributed by atoms with van der Waals surface area (Å²) in [5.41, 5.74) is 2.21. The molecule has 4 nitrogen and oxygen atoms in total. The van der Waals surface area contributed by atoms with Crippen molar-refractivity contribution in [2.45, 2.75) is 19.9 Å². The van der Waals surface area contributed by atoms with Crippen LogP contribution in [0, 0.1) is 0 Å². The number of ether oxygens (including phenoxy) is 1. The van der Waals surface area contributed by atoms with Crippen LogP contribution in [0.2, 0.25) is 0 Å². The predicted octanol–water partition coefficient (Wildman–Crippen LogP) is 2.81. The molecule has 106 valence electrons. The third-order valence-electron chi connectivity index (χ3n) is 2.98. The van der Waals surface area contributed by atoms with Gasteiger partial charge in [-0.05, 0) is 37.7 Å². The second-order valence-corrected chi connectivity index (χ2v) is 5.57. The molecule has 0 aromatic heterocycles. The Kier molecular flexibility index (Phi) is 4.77. The first-order valence-corrected chi connectivity index (χ1v) is 7.44. The van der Waals surface area contributed by atoms with E-state index in [0.717, 1.165) is 10.0 Å². The second-order valence-electron chi connectivity index (χ2n) is 4.31. The highest BCUT2D eigenvalue weighted by atomic mass is 79.9. The molecular formula is C14H15BrN2O2S. The van der Waals surface area contributed by atoms with E-state index >= 15 is 0 Å². The molecule has 0 bridgehead atoms. The van der Waals surface area contributed by atoms with Crippen LogP contribution in [0.5, 0.6) is 0 Å². The van der Waals surface area contributed by atoms with Gasteiger partial charge >= 0.3 is 5.97 Å². The summed E-state index contributed by atoms with van der Waals surface area (Å²) in [5, 5.41) is 6.59. The van der Waals surface area contributed by atoms with Crippen LogP contribution in [0.25, 0.3) is 0 Å². The molecule has 0 saturated carbocycles. The highest BCUT2D eigenvalue weighted by Crippen LogP contribution is 2.32. The number of benzene rings is 1. The van der Waals surface area contributed by atoms with E-state index in [1.54, 1.807) is 6.92 Å². The molecule has 1 aliphatic heterocycles. The lowest BCUT2D eigenvalue weighted by molar-refractivity contribution is -0.139. The zero-order valence-corrected chi connectivity index (χ0v) is 13.6. The summed E-state index contributed by atoms with van der Waals surface area (Å²) in [4.78, 5) is 12.2. The average molecular weight is 355 g/mol. The Balaban J connectivity index is 2.48. The van der Waals surface area contributed by atoms with Crippen LogP contribution in [0.4, 0.5) is 0 Å². The van der Waals surface area contributed by atoms with Gasteiger partial charge in [-0.15, -0.1) is 0 Å². The molecule has 1 aromatic carbocycles. The quantitative estimate of drug-likeness (QED) is 0.645. The van der Waals surface area contributed by atoms with Gasteiger partial charge in [-0.3, -0.25) is 0 Å². The minimum atomic E-state index is -0.340. The van der Waals surface area contributed by atoms with Crippen LogP contribution >= 0.6 is 28.1 Å². The first-order valence-electron chi connectivity index (χ1n) is 6.24. The molecular weight excluding hydrogens is 340 g/mol. The van der Waals surface area contributed by atoms with Gasteiger partial charge in [0, 0.05) is 10.2 Å². The van der Waals surface area contributed by atoms with Gasteiger partial charge in [0.05, 0.1) is 18.2 Å². The van der Waals surface area contributed by atoms with Crippen molar-refractivity contribution >= 4 is 39.2 Å². The molecule has 6 heteroatoms. The summed E-state index contributed by atoms with van der Waals surface area (Å²) in [6.45, 7) is 3.95. The third-order valence-corrected chi connectivity index (χ3v) is 3.92. The molecule has 2 N–H and O–H groups in total. The number of hydrogen-bond acceptors (Lipinski definition) is 3.